The van der Waals surface area contributed by atoms with E-state index in [4.69, 9.17) is 32.4 Å². The largest absolute Gasteiger partial charge is 0.459 e. The maximum atomic E-state index is 12.5. The lowest BCUT2D eigenvalue weighted by Crippen LogP contribution is -2.18. The van der Waals surface area contributed by atoms with Crippen LogP contribution < -0.4 is 15.5 Å². The van der Waals surface area contributed by atoms with E-state index in [0.29, 0.717) is 21.8 Å². The van der Waals surface area contributed by atoms with Crippen molar-refractivity contribution in [1.29, 1.82) is 0 Å². The van der Waals surface area contributed by atoms with E-state index >= 15 is 0 Å². The fraction of sp³-hybridized carbons (Fsp3) is 0. The molecule has 0 aliphatic heterocycles. The topological polar surface area (TPSA) is 110 Å². The van der Waals surface area contributed by atoms with Gasteiger partial charge in [0.1, 0.15) is 5.75 Å². The Morgan fingerprint density at radius 3 is 2.39 bits per heavy atom. The van der Waals surface area contributed by atoms with Gasteiger partial charge in [-0.3, -0.25) is 9.59 Å². The van der Waals surface area contributed by atoms with E-state index in [9.17, 15) is 14.4 Å². The molecular weight excluding hydrogens is 505 g/mol. The van der Waals surface area contributed by atoms with Crippen LogP contribution in [-0.2, 0) is 0 Å². The summed E-state index contributed by atoms with van der Waals surface area (Å²) in [7, 11) is 0. The molecule has 0 saturated heterocycles. The Labute approximate surface area is 215 Å². The van der Waals surface area contributed by atoms with E-state index in [-0.39, 0.29) is 22.1 Å². The van der Waals surface area contributed by atoms with Crippen molar-refractivity contribution in [2.75, 3.05) is 5.32 Å². The first-order valence-electron chi connectivity index (χ1n) is 10.5. The molecule has 1 aromatic heterocycles. The summed E-state index contributed by atoms with van der Waals surface area (Å²) in [6.45, 7) is 0. The molecule has 0 unspecified atom stereocenters. The number of amides is 2. The van der Waals surface area contributed by atoms with Gasteiger partial charge in [-0.15, -0.1) is 0 Å². The number of anilines is 1. The van der Waals surface area contributed by atoms with Gasteiger partial charge in [-0.1, -0.05) is 35.3 Å². The first kappa shape index (κ1) is 24.7. The van der Waals surface area contributed by atoms with Gasteiger partial charge in [-0.2, -0.15) is 5.10 Å². The second-order valence-corrected chi connectivity index (χ2v) is 8.10. The van der Waals surface area contributed by atoms with Crippen molar-refractivity contribution in [3.8, 4) is 5.75 Å². The molecule has 10 heteroatoms. The standard InChI is InChI=1S/C26H17Cl2N3O5/c27-18-9-12-20(21(28)14-18)26(34)36-22-5-2-1-4-17(22)15-29-31-24(32)16-7-10-19(11-8-16)30-25(33)23-6-3-13-35-23/h1-15H,(H,30,33)(H,31,32)/b29-15-. The quantitative estimate of drug-likeness (QED) is 0.138. The van der Waals surface area contributed by atoms with Crippen LogP contribution in [0.25, 0.3) is 0 Å². The van der Waals surface area contributed by atoms with Gasteiger partial charge in [0, 0.05) is 21.8 Å². The number of halogens is 2. The number of para-hydroxylation sites is 1. The molecule has 0 bridgehead atoms. The lowest BCUT2D eigenvalue weighted by Gasteiger charge is -2.08. The smallest absolute Gasteiger partial charge is 0.345 e. The lowest BCUT2D eigenvalue weighted by atomic mass is 10.2. The van der Waals surface area contributed by atoms with E-state index in [2.05, 4.69) is 15.8 Å². The number of nitrogens with one attached hydrogen (secondary N) is 2. The molecule has 0 atom stereocenters. The number of esters is 1. The van der Waals surface area contributed by atoms with Crippen LogP contribution in [-0.4, -0.2) is 24.0 Å². The van der Waals surface area contributed by atoms with Crippen molar-refractivity contribution in [2.45, 2.75) is 0 Å². The number of hydrogen-bond donors (Lipinski definition) is 2. The van der Waals surface area contributed by atoms with Gasteiger partial charge in [0.05, 0.1) is 23.1 Å². The highest BCUT2D eigenvalue weighted by Crippen LogP contribution is 2.24. The minimum Gasteiger partial charge on any atom is -0.459 e. The maximum absolute atomic E-state index is 12.5. The number of rotatable bonds is 7. The molecule has 0 aliphatic carbocycles. The predicted octanol–water partition coefficient (Wildman–Crippen LogP) is 5.82. The number of hydrazone groups is 1. The number of nitrogens with zero attached hydrogens (tertiary/aromatic N) is 1. The zero-order chi connectivity index (χ0) is 25.5. The zero-order valence-corrected chi connectivity index (χ0v) is 19.9. The molecule has 36 heavy (non-hydrogen) atoms. The third-order valence-electron chi connectivity index (χ3n) is 4.79. The van der Waals surface area contributed by atoms with Gasteiger partial charge in [0.25, 0.3) is 11.8 Å². The number of carbonyl (C=O) groups is 3. The Morgan fingerprint density at radius 1 is 0.889 bits per heavy atom. The minimum atomic E-state index is -0.666. The van der Waals surface area contributed by atoms with Crippen LogP contribution >= 0.6 is 23.2 Å². The number of hydrogen-bond acceptors (Lipinski definition) is 6. The number of carbonyl (C=O) groups excluding carboxylic acids is 3. The third-order valence-corrected chi connectivity index (χ3v) is 5.34. The summed E-state index contributed by atoms with van der Waals surface area (Å²) in [5.41, 5.74) is 3.83. The normalized spacial score (nSPS) is 10.7. The lowest BCUT2D eigenvalue weighted by molar-refractivity contribution is 0.0734. The second-order valence-electron chi connectivity index (χ2n) is 7.26. The monoisotopic (exact) mass is 521 g/mol. The molecule has 2 N–H and O–H groups in total. The van der Waals surface area contributed by atoms with Gasteiger partial charge in [-0.25, -0.2) is 10.2 Å². The molecule has 0 fully saturated rings. The summed E-state index contributed by atoms with van der Waals surface area (Å²) in [6, 6.07) is 20.5. The van der Waals surface area contributed by atoms with Crippen LogP contribution in [0.2, 0.25) is 10.0 Å². The summed E-state index contributed by atoms with van der Waals surface area (Å²) >= 11 is 12.0. The summed E-state index contributed by atoms with van der Waals surface area (Å²) in [5.74, 6) is -1.14. The van der Waals surface area contributed by atoms with Crippen LogP contribution in [0.1, 0.15) is 36.8 Å². The third kappa shape index (κ3) is 6.18. The highest BCUT2D eigenvalue weighted by molar-refractivity contribution is 6.36. The summed E-state index contributed by atoms with van der Waals surface area (Å²) in [4.78, 5) is 37.0. The molecular formula is C26H17Cl2N3O5. The molecule has 2 amide bonds. The molecule has 4 rings (SSSR count). The van der Waals surface area contributed by atoms with E-state index in [1.807, 2.05) is 0 Å². The van der Waals surface area contributed by atoms with Crippen LogP contribution in [0.5, 0.6) is 5.75 Å². The van der Waals surface area contributed by atoms with Crippen molar-refractivity contribution in [3.05, 3.63) is 118 Å². The van der Waals surface area contributed by atoms with Crippen molar-refractivity contribution >= 4 is 52.9 Å². The Kier molecular flexibility index (Phi) is 7.79. The van der Waals surface area contributed by atoms with E-state index in [1.165, 1.54) is 42.8 Å². The summed E-state index contributed by atoms with van der Waals surface area (Å²) in [5, 5.41) is 7.18. The van der Waals surface area contributed by atoms with Crippen molar-refractivity contribution in [2.24, 2.45) is 5.10 Å². The average Bonchev–Trinajstić information content (AvgIpc) is 3.41. The van der Waals surface area contributed by atoms with E-state index in [1.54, 1.807) is 48.5 Å². The fourth-order valence-electron chi connectivity index (χ4n) is 3.02. The molecule has 0 spiro atoms. The van der Waals surface area contributed by atoms with Gasteiger partial charge in [-0.05, 0) is 66.7 Å². The van der Waals surface area contributed by atoms with Gasteiger partial charge < -0.3 is 14.5 Å². The summed E-state index contributed by atoms with van der Waals surface area (Å²) in [6.07, 6.45) is 2.75. The molecule has 8 nitrogen and oxygen atoms in total. The molecule has 0 radical (unpaired) electrons. The molecule has 3 aromatic carbocycles. The number of furan rings is 1. The summed E-state index contributed by atoms with van der Waals surface area (Å²) < 4.78 is 10.5. The average molecular weight is 522 g/mol. The van der Waals surface area contributed by atoms with E-state index in [0.717, 1.165) is 0 Å². The van der Waals surface area contributed by atoms with Crippen LogP contribution in [0.15, 0.2) is 94.6 Å². The Bertz CT molecular complexity index is 1430. The number of ether oxygens (including phenoxy) is 1. The minimum absolute atomic E-state index is 0.157. The molecule has 0 saturated carbocycles. The van der Waals surface area contributed by atoms with Crippen molar-refractivity contribution in [1.82, 2.24) is 5.43 Å². The molecule has 180 valence electrons. The van der Waals surface area contributed by atoms with Crippen molar-refractivity contribution < 1.29 is 23.5 Å². The first-order chi connectivity index (χ1) is 17.4. The molecule has 4 aromatic rings. The fourth-order valence-corrected chi connectivity index (χ4v) is 3.51. The number of benzene rings is 3. The highest BCUT2D eigenvalue weighted by atomic mass is 35.5. The van der Waals surface area contributed by atoms with Crippen LogP contribution in [0.4, 0.5) is 5.69 Å². The Hall–Kier alpha value is -4.40. The van der Waals surface area contributed by atoms with Gasteiger partial charge in [0.15, 0.2) is 5.76 Å². The zero-order valence-electron chi connectivity index (χ0n) is 18.4. The maximum Gasteiger partial charge on any atom is 0.345 e. The van der Waals surface area contributed by atoms with E-state index < -0.39 is 17.8 Å². The molecule has 0 aliphatic rings. The Balaban J connectivity index is 1.37. The van der Waals surface area contributed by atoms with Crippen LogP contribution in [0, 0.1) is 0 Å². The second kappa shape index (κ2) is 11.4. The van der Waals surface area contributed by atoms with Crippen LogP contribution in [0.3, 0.4) is 0 Å². The SMILES string of the molecule is O=C(N/N=C\c1ccccc1OC(=O)c1ccc(Cl)cc1Cl)c1ccc(NC(=O)c2ccco2)cc1. The predicted molar refractivity (Wildman–Crippen MR) is 136 cm³/mol. The highest BCUT2D eigenvalue weighted by Gasteiger charge is 2.15. The molecule has 1 heterocycles. The first-order valence-corrected chi connectivity index (χ1v) is 11.2. The van der Waals surface area contributed by atoms with Crippen molar-refractivity contribution in [3.63, 3.8) is 0 Å². The Morgan fingerprint density at radius 2 is 1.67 bits per heavy atom. The van der Waals surface area contributed by atoms with Gasteiger partial charge >= 0.3 is 5.97 Å². The van der Waals surface area contributed by atoms with Gasteiger partial charge in [0.2, 0.25) is 0 Å².